The molecule has 1 heterocycles. The Morgan fingerprint density at radius 1 is 0.806 bits per heavy atom. The van der Waals surface area contributed by atoms with E-state index in [-0.39, 0.29) is 17.8 Å². The van der Waals surface area contributed by atoms with Crippen molar-refractivity contribution in [1.29, 1.82) is 0 Å². The topological polar surface area (TPSA) is 82.8 Å². The van der Waals surface area contributed by atoms with Crippen LogP contribution >= 0.6 is 0 Å². The van der Waals surface area contributed by atoms with Crippen molar-refractivity contribution in [1.82, 2.24) is 0 Å². The van der Waals surface area contributed by atoms with Crippen LogP contribution in [-0.4, -0.2) is 25.0 Å². The van der Waals surface area contributed by atoms with E-state index >= 15 is 0 Å². The van der Waals surface area contributed by atoms with Gasteiger partial charge in [-0.25, -0.2) is 9.59 Å². The summed E-state index contributed by atoms with van der Waals surface area (Å²) in [5.41, 5.74) is -0.0522. The molecule has 3 rings (SSSR count). The fraction of sp³-hybridized carbons (Fsp3) is 0.433. The number of carbonyl (C=O) groups excluding carboxylic acids is 2. The summed E-state index contributed by atoms with van der Waals surface area (Å²) >= 11 is 0. The van der Waals surface area contributed by atoms with Gasteiger partial charge in [0.1, 0.15) is 16.9 Å². The van der Waals surface area contributed by atoms with Crippen molar-refractivity contribution in [2.24, 2.45) is 0 Å². The zero-order chi connectivity index (χ0) is 25.6. The lowest BCUT2D eigenvalue weighted by molar-refractivity contribution is -0.146. The zero-order valence-corrected chi connectivity index (χ0v) is 21.1. The SMILES string of the molecule is CCCCCCCCCCCCOC(=O)COc1ccc2cc(C(=O)c3ccccc3)c(=O)oc2c1. The average Bonchev–Trinajstić information content (AvgIpc) is 2.90. The van der Waals surface area contributed by atoms with Crippen LogP contribution in [0.4, 0.5) is 0 Å². The lowest BCUT2D eigenvalue weighted by Gasteiger charge is -2.08. The van der Waals surface area contributed by atoms with E-state index in [2.05, 4.69) is 6.92 Å². The Labute approximate surface area is 212 Å². The Kier molecular flexibility index (Phi) is 11.2. The number of hydrogen-bond donors (Lipinski definition) is 0. The Bertz CT molecular complexity index is 1170. The van der Waals surface area contributed by atoms with E-state index in [1.54, 1.807) is 42.5 Å². The van der Waals surface area contributed by atoms with Gasteiger partial charge < -0.3 is 13.9 Å². The van der Waals surface area contributed by atoms with Gasteiger partial charge in [-0.2, -0.15) is 0 Å². The highest BCUT2D eigenvalue weighted by molar-refractivity contribution is 6.09. The molecule has 0 N–H and O–H groups in total. The monoisotopic (exact) mass is 492 g/mol. The van der Waals surface area contributed by atoms with Crippen LogP contribution in [-0.2, 0) is 9.53 Å². The van der Waals surface area contributed by atoms with Crippen molar-refractivity contribution in [3.8, 4) is 5.75 Å². The summed E-state index contributed by atoms with van der Waals surface area (Å²) in [5.74, 6) is -0.448. The first-order valence-electron chi connectivity index (χ1n) is 13.0. The summed E-state index contributed by atoms with van der Waals surface area (Å²) < 4.78 is 16.1. The van der Waals surface area contributed by atoms with Gasteiger partial charge in [-0.1, -0.05) is 95.0 Å². The molecule has 0 aliphatic rings. The van der Waals surface area contributed by atoms with Gasteiger partial charge in [0.25, 0.3) is 0 Å². The number of fused-ring (bicyclic) bond motifs is 1. The van der Waals surface area contributed by atoms with Crippen LogP contribution in [0.1, 0.15) is 87.1 Å². The van der Waals surface area contributed by atoms with Crippen molar-refractivity contribution in [3.05, 3.63) is 76.1 Å². The number of hydrogen-bond acceptors (Lipinski definition) is 6. The molecule has 0 aliphatic carbocycles. The summed E-state index contributed by atoms with van der Waals surface area (Å²) in [4.78, 5) is 37.0. The molecule has 0 amide bonds. The molecule has 0 bridgehead atoms. The van der Waals surface area contributed by atoms with Gasteiger partial charge in [0.15, 0.2) is 12.4 Å². The average molecular weight is 493 g/mol. The maximum Gasteiger partial charge on any atom is 0.347 e. The van der Waals surface area contributed by atoms with Gasteiger partial charge in [-0.15, -0.1) is 0 Å². The maximum atomic E-state index is 12.6. The second-order valence-corrected chi connectivity index (χ2v) is 9.03. The Hall–Kier alpha value is -3.41. The molecule has 3 aromatic rings. The molecule has 6 nitrogen and oxygen atoms in total. The smallest absolute Gasteiger partial charge is 0.347 e. The third kappa shape index (κ3) is 8.67. The molecule has 6 heteroatoms. The first-order chi connectivity index (χ1) is 17.6. The van der Waals surface area contributed by atoms with Crippen LogP contribution in [0, 0.1) is 0 Å². The molecule has 0 saturated heterocycles. The van der Waals surface area contributed by atoms with E-state index in [1.165, 1.54) is 63.5 Å². The molecule has 2 aromatic carbocycles. The largest absolute Gasteiger partial charge is 0.482 e. The predicted molar refractivity (Wildman–Crippen MR) is 141 cm³/mol. The second-order valence-electron chi connectivity index (χ2n) is 9.03. The van der Waals surface area contributed by atoms with E-state index in [0.29, 0.717) is 23.3 Å². The van der Waals surface area contributed by atoms with Crippen LogP contribution in [0.25, 0.3) is 11.0 Å². The van der Waals surface area contributed by atoms with Gasteiger partial charge in [0, 0.05) is 17.0 Å². The molecule has 0 fully saturated rings. The van der Waals surface area contributed by atoms with Crippen molar-refractivity contribution in [2.45, 2.75) is 71.1 Å². The first kappa shape index (κ1) is 27.2. The van der Waals surface area contributed by atoms with Crippen LogP contribution in [0.3, 0.4) is 0 Å². The fourth-order valence-electron chi connectivity index (χ4n) is 4.04. The van der Waals surface area contributed by atoms with Gasteiger partial charge >= 0.3 is 11.6 Å². The van der Waals surface area contributed by atoms with Gasteiger partial charge in [0.2, 0.25) is 0 Å². The van der Waals surface area contributed by atoms with Crippen molar-refractivity contribution >= 4 is 22.7 Å². The second kappa shape index (κ2) is 14.9. The van der Waals surface area contributed by atoms with Crippen molar-refractivity contribution < 1.29 is 23.5 Å². The molecule has 192 valence electrons. The van der Waals surface area contributed by atoms with E-state index in [9.17, 15) is 14.4 Å². The minimum absolute atomic E-state index is 0.0297. The third-order valence-corrected chi connectivity index (χ3v) is 6.11. The number of esters is 1. The van der Waals surface area contributed by atoms with Crippen LogP contribution < -0.4 is 10.4 Å². The maximum absolute atomic E-state index is 12.6. The highest BCUT2D eigenvalue weighted by Gasteiger charge is 2.16. The summed E-state index contributed by atoms with van der Waals surface area (Å²) in [6.45, 7) is 2.40. The molecule has 0 saturated carbocycles. The van der Waals surface area contributed by atoms with E-state index < -0.39 is 17.4 Å². The number of ketones is 1. The number of carbonyl (C=O) groups is 2. The van der Waals surface area contributed by atoms with Crippen LogP contribution in [0.2, 0.25) is 0 Å². The lowest BCUT2D eigenvalue weighted by Crippen LogP contribution is -2.16. The number of rotatable bonds is 16. The molecular formula is C30H36O6. The van der Waals surface area contributed by atoms with Gasteiger partial charge in [-0.3, -0.25) is 4.79 Å². The summed E-state index contributed by atoms with van der Waals surface area (Å²) in [7, 11) is 0. The minimum atomic E-state index is -0.718. The van der Waals surface area contributed by atoms with E-state index in [0.717, 1.165) is 12.8 Å². The molecule has 0 spiro atoms. The van der Waals surface area contributed by atoms with Crippen molar-refractivity contribution in [2.75, 3.05) is 13.2 Å². The van der Waals surface area contributed by atoms with Crippen LogP contribution in [0.5, 0.6) is 5.75 Å². The Morgan fingerprint density at radius 2 is 1.47 bits per heavy atom. The third-order valence-electron chi connectivity index (χ3n) is 6.11. The van der Waals surface area contributed by atoms with E-state index in [1.807, 2.05) is 0 Å². The minimum Gasteiger partial charge on any atom is -0.482 e. The summed E-state index contributed by atoms with van der Waals surface area (Å²) in [6.07, 6.45) is 12.2. The summed E-state index contributed by atoms with van der Waals surface area (Å²) in [6, 6.07) is 15.0. The number of unbranched alkanes of at least 4 members (excludes halogenated alkanes) is 9. The Balaban J connectivity index is 1.39. The Morgan fingerprint density at radius 3 is 2.17 bits per heavy atom. The molecule has 0 atom stereocenters. The normalized spacial score (nSPS) is 10.9. The quantitative estimate of drug-likeness (QED) is 0.0939. The fourth-order valence-corrected chi connectivity index (χ4v) is 4.04. The molecular weight excluding hydrogens is 456 g/mol. The molecule has 1 aromatic heterocycles. The van der Waals surface area contributed by atoms with Gasteiger partial charge in [0.05, 0.1) is 6.61 Å². The summed E-state index contributed by atoms with van der Waals surface area (Å²) in [5, 5.41) is 0.588. The molecule has 36 heavy (non-hydrogen) atoms. The van der Waals surface area contributed by atoms with Crippen molar-refractivity contribution in [3.63, 3.8) is 0 Å². The number of ether oxygens (including phenoxy) is 2. The van der Waals surface area contributed by atoms with E-state index in [4.69, 9.17) is 13.9 Å². The molecule has 0 unspecified atom stereocenters. The predicted octanol–water partition coefficient (Wildman–Crippen LogP) is 6.87. The highest BCUT2D eigenvalue weighted by atomic mass is 16.6. The standard InChI is InChI=1S/C30H36O6/c1-2-3-4-5-6-7-8-9-10-14-19-34-28(31)22-35-25-18-17-24-20-26(30(33)36-27(24)21-25)29(32)23-15-12-11-13-16-23/h11-13,15-18,20-21H,2-10,14,19,22H2,1H3. The molecule has 0 aliphatic heterocycles. The first-order valence-corrected chi connectivity index (χ1v) is 13.0. The van der Waals surface area contributed by atoms with Crippen LogP contribution in [0.15, 0.2) is 63.8 Å². The zero-order valence-electron chi connectivity index (χ0n) is 21.1. The molecule has 0 radical (unpaired) electrons. The lowest BCUT2D eigenvalue weighted by atomic mass is 10.0. The number of benzene rings is 2. The highest BCUT2D eigenvalue weighted by Crippen LogP contribution is 2.21. The van der Waals surface area contributed by atoms with Gasteiger partial charge in [-0.05, 0) is 24.6 Å².